The lowest BCUT2D eigenvalue weighted by Gasteiger charge is -2.05. The summed E-state index contributed by atoms with van der Waals surface area (Å²) in [5, 5.41) is 8.33. The molecule has 0 fully saturated rings. The molecule has 140 valence electrons. The maximum Gasteiger partial charge on any atom is 0.261 e. The number of aromatic nitrogens is 3. The lowest BCUT2D eigenvalue weighted by Crippen LogP contribution is -2.14. The van der Waals surface area contributed by atoms with Gasteiger partial charge in [-0.25, -0.2) is 9.67 Å². The third kappa shape index (κ3) is 3.34. The van der Waals surface area contributed by atoms with Crippen LogP contribution < -0.4 is 5.32 Å². The number of thiazole rings is 1. The fraction of sp³-hybridized carbons (Fsp3) is 0.136. The van der Waals surface area contributed by atoms with Gasteiger partial charge >= 0.3 is 0 Å². The number of benzene rings is 2. The molecule has 0 spiro atoms. The number of nitrogens with zero attached hydrogens (tertiary/aromatic N) is 3. The molecule has 0 saturated carbocycles. The Bertz CT molecular complexity index is 1110. The van der Waals surface area contributed by atoms with E-state index < -0.39 is 0 Å². The molecule has 0 saturated heterocycles. The highest BCUT2D eigenvalue weighted by atomic mass is 32.1. The van der Waals surface area contributed by atoms with Gasteiger partial charge in [0, 0.05) is 10.4 Å². The van der Waals surface area contributed by atoms with Crippen LogP contribution in [0.15, 0.2) is 60.7 Å². The Morgan fingerprint density at radius 2 is 1.61 bits per heavy atom. The van der Waals surface area contributed by atoms with Crippen LogP contribution in [0.4, 0.5) is 5.13 Å². The van der Waals surface area contributed by atoms with Gasteiger partial charge in [-0.05, 0) is 32.9 Å². The minimum absolute atomic E-state index is 0.202. The van der Waals surface area contributed by atoms with Crippen molar-refractivity contribution < 1.29 is 4.79 Å². The van der Waals surface area contributed by atoms with Gasteiger partial charge in [0.05, 0.1) is 22.6 Å². The van der Waals surface area contributed by atoms with Crippen LogP contribution in [0.3, 0.4) is 0 Å². The monoisotopic (exact) mass is 388 g/mol. The summed E-state index contributed by atoms with van der Waals surface area (Å²) in [5.41, 5.74) is 4.74. The molecule has 2 aromatic heterocycles. The van der Waals surface area contributed by atoms with E-state index in [1.54, 1.807) is 0 Å². The molecule has 2 aromatic carbocycles. The molecule has 4 rings (SSSR count). The van der Waals surface area contributed by atoms with E-state index >= 15 is 0 Å². The normalized spacial score (nSPS) is 10.8. The smallest absolute Gasteiger partial charge is 0.261 e. The van der Waals surface area contributed by atoms with E-state index in [2.05, 4.69) is 10.3 Å². The second kappa shape index (κ2) is 7.40. The number of carbonyl (C=O) groups is 1. The van der Waals surface area contributed by atoms with Crippen molar-refractivity contribution >= 4 is 22.4 Å². The Hall–Kier alpha value is -3.25. The lowest BCUT2D eigenvalue weighted by molar-refractivity contribution is 0.102. The van der Waals surface area contributed by atoms with Gasteiger partial charge in [0.25, 0.3) is 5.91 Å². The molecule has 0 atom stereocenters. The number of aryl methyl sites for hydroxylation is 2. The first-order valence-electron chi connectivity index (χ1n) is 9.00. The molecule has 0 radical (unpaired) electrons. The third-order valence-corrected chi connectivity index (χ3v) is 5.63. The Balaban J connectivity index is 1.82. The van der Waals surface area contributed by atoms with Crippen molar-refractivity contribution in [3.8, 4) is 16.9 Å². The molecular formula is C22H20N4OS. The second-order valence-electron chi connectivity index (χ2n) is 6.54. The number of nitrogens with one attached hydrogen (secondary N) is 1. The number of anilines is 1. The zero-order valence-corrected chi connectivity index (χ0v) is 16.7. The van der Waals surface area contributed by atoms with Gasteiger partial charge in [0.1, 0.15) is 5.69 Å². The summed E-state index contributed by atoms with van der Waals surface area (Å²) in [6, 6.07) is 19.6. The molecule has 2 heterocycles. The summed E-state index contributed by atoms with van der Waals surface area (Å²) in [5.74, 6) is -0.202. The molecule has 0 aliphatic carbocycles. The van der Waals surface area contributed by atoms with Crippen molar-refractivity contribution in [3.05, 3.63) is 82.5 Å². The molecule has 28 heavy (non-hydrogen) atoms. The van der Waals surface area contributed by atoms with Gasteiger partial charge in [-0.2, -0.15) is 5.10 Å². The molecule has 5 nitrogen and oxygen atoms in total. The van der Waals surface area contributed by atoms with Crippen molar-refractivity contribution in [2.45, 2.75) is 20.8 Å². The van der Waals surface area contributed by atoms with Crippen molar-refractivity contribution in [2.24, 2.45) is 0 Å². The molecule has 1 amide bonds. The van der Waals surface area contributed by atoms with Gasteiger partial charge in [0.2, 0.25) is 0 Å². The van der Waals surface area contributed by atoms with Crippen LogP contribution in [0.2, 0.25) is 0 Å². The van der Waals surface area contributed by atoms with Crippen molar-refractivity contribution in [2.75, 3.05) is 5.32 Å². The summed E-state index contributed by atoms with van der Waals surface area (Å²) in [6.07, 6.45) is 0. The number of carbonyl (C=O) groups excluding carboxylic acids is 1. The molecule has 0 aliphatic rings. The molecule has 1 N–H and O–H groups in total. The standard InChI is InChI=1S/C22H20N4OS/c1-14-16(3)28-22(23-14)24-21(27)19-15(2)26(18-12-8-5-9-13-18)25-20(19)17-10-6-4-7-11-17/h4-13H,1-3H3,(H,23,24,27). The minimum atomic E-state index is -0.202. The van der Waals surface area contributed by atoms with Crippen LogP contribution in [0.25, 0.3) is 16.9 Å². The molecule has 0 unspecified atom stereocenters. The van der Waals surface area contributed by atoms with E-state index in [1.807, 2.05) is 86.1 Å². The largest absolute Gasteiger partial charge is 0.298 e. The fourth-order valence-electron chi connectivity index (χ4n) is 3.08. The second-order valence-corrected chi connectivity index (χ2v) is 7.74. The first-order valence-corrected chi connectivity index (χ1v) is 9.82. The van der Waals surface area contributed by atoms with Crippen molar-refractivity contribution in [3.63, 3.8) is 0 Å². The SMILES string of the molecule is Cc1nc(NC(=O)c2c(-c3ccccc3)nn(-c3ccccc3)c2C)sc1C. The Kier molecular flexibility index (Phi) is 4.79. The maximum atomic E-state index is 13.2. The van der Waals surface area contributed by atoms with Gasteiger partial charge in [-0.3, -0.25) is 10.1 Å². The quantitative estimate of drug-likeness (QED) is 0.524. The van der Waals surface area contributed by atoms with Gasteiger partial charge < -0.3 is 0 Å². The Labute approximate surface area is 167 Å². The highest BCUT2D eigenvalue weighted by Crippen LogP contribution is 2.29. The summed E-state index contributed by atoms with van der Waals surface area (Å²) < 4.78 is 1.82. The summed E-state index contributed by atoms with van der Waals surface area (Å²) in [4.78, 5) is 18.7. The van der Waals surface area contributed by atoms with E-state index in [9.17, 15) is 4.79 Å². The van der Waals surface area contributed by atoms with E-state index in [0.717, 1.165) is 27.5 Å². The topological polar surface area (TPSA) is 59.8 Å². The van der Waals surface area contributed by atoms with Gasteiger partial charge in [0.15, 0.2) is 5.13 Å². The number of para-hydroxylation sites is 1. The number of rotatable bonds is 4. The van der Waals surface area contributed by atoms with Crippen LogP contribution in [0, 0.1) is 20.8 Å². The number of amides is 1. The third-order valence-electron chi connectivity index (χ3n) is 4.64. The van der Waals surface area contributed by atoms with Crippen LogP contribution in [-0.2, 0) is 0 Å². The molecule has 4 aromatic rings. The van der Waals surface area contributed by atoms with E-state index in [0.29, 0.717) is 16.4 Å². The summed E-state index contributed by atoms with van der Waals surface area (Å²) >= 11 is 1.48. The highest BCUT2D eigenvalue weighted by molar-refractivity contribution is 7.15. The summed E-state index contributed by atoms with van der Waals surface area (Å²) in [6.45, 7) is 5.85. The number of hydrogen-bond donors (Lipinski definition) is 1. The maximum absolute atomic E-state index is 13.2. The first-order chi connectivity index (χ1) is 13.5. The van der Waals surface area contributed by atoms with Crippen LogP contribution >= 0.6 is 11.3 Å². The fourth-order valence-corrected chi connectivity index (χ4v) is 3.89. The average Bonchev–Trinajstić information content (AvgIpc) is 3.22. The average molecular weight is 388 g/mol. The van der Waals surface area contributed by atoms with E-state index in [1.165, 1.54) is 11.3 Å². The minimum Gasteiger partial charge on any atom is -0.298 e. The van der Waals surface area contributed by atoms with Crippen molar-refractivity contribution in [1.82, 2.24) is 14.8 Å². The first kappa shape index (κ1) is 18.1. The molecule has 0 bridgehead atoms. The highest BCUT2D eigenvalue weighted by Gasteiger charge is 2.24. The predicted molar refractivity (Wildman–Crippen MR) is 113 cm³/mol. The van der Waals surface area contributed by atoms with Gasteiger partial charge in [-0.15, -0.1) is 11.3 Å². The molecule has 6 heteroatoms. The lowest BCUT2D eigenvalue weighted by atomic mass is 10.1. The van der Waals surface area contributed by atoms with Gasteiger partial charge in [-0.1, -0.05) is 48.5 Å². The van der Waals surface area contributed by atoms with Crippen LogP contribution in [0.5, 0.6) is 0 Å². The molecule has 0 aliphatic heterocycles. The molecular weight excluding hydrogens is 368 g/mol. The predicted octanol–water partition coefficient (Wildman–Crippen LogP) is 5.17. The van der Waals surface area contributed by atoms with Crippen LogP contribution in [-0.4, -0.2) is 20.7 Å². The van der Waals surface area contributed by atoms with Crippen molar-refractivity contribution in [1.29, 1.82) is 0 Å². The zero-order chi connectivity index (χ0) is 19.7. The zero-order valence-electron chi connectivity index (χ0n) is 15.9. The Morgan fingerprint density at radius 3 is 2.21 bits per heavy atom. The van der Waals surface area contributed by atoms with Crippen LogP contribution in [0.1, 0.15) is 26.6 Å². The summed E-state index contributed by atoms with van der Waals surface area (Å²) in [7, 11) is 0. The van der Waals surface area contributed by atoms with E-state index in [-0.39, 0.29) is 5.91 Å². The Morgan fingerprint density at radius 1 is 0.964 bits per heavy atom. The van der Waals surface area contributed by atoms with E-state index in [4.69, 9.17) is 5.10 Å². The number of hydrogen-bond acceptors (Lipinski definition) is 4.